The lowest BCUT2D eigenvalue weighted by Gasteiger charge is -2.20. The van der Waals surface area contributed by atoms with Crippen LogP contribution in [0.5, 0.6) is 0 Å². The third-order valence-electron chi connectivity index (χ3n) is 10.5. The second-order valence-electron chi connectivity index (χ2n) is 17.0. The number of unbranched alkanes of at least 4 members (excludes halogenated alkanes) is 24. The van der Waals surface area contributed by atoms with Crippen molar-refractivity contribution >= 4 is 25.5 Å². The number of esters is 2. The molecule has 0 bridgehead atoms. The number of rotatable bonds is 45. The van der Waals surface area contributed by atoms with E-state index in [-0.39, 0.29) is 25.2 Å². The van der Waals surface area contributed by atoms with E-state index in [0.717, 1.165) is 63.7 Å². The molecule has 0 fully saturated rings. The Morgan fingerprint density at radius 1 is 0.583 bits per heavy atom. The number of allylic oxidation sites excluding steroid dienone is 4. The number of carbonyl (C=O) groups excluding carboxylic acids is 3. The van der Waals surface area contributed by atoms with Crippen molar-refractivity contribution in [1.82, 2.24) is 0 Å². The standard InChI is InChI=1S/C48H89O11P/c1-4-5-6-7-20-25-30-35-44(50)36-31-26-23-28-33-38-48(53)59-46(42-58-60(54,55)57-40-45(51)39-49)41-56-47(52)37-32-27-22-19-17-15-13-11-9-8-10-12-14-16-18-21-24-29-34-43(2)3/h20,25,30,35,43,45-46,49,51H,4-19,21-24,26-29,31-34,36-42H2,1-3H3,(H,54,55)/b25-20-,35-30+/t45-,46+/m0/s1. The minimum Gasteiger partial charge on any atom is -0.462 e. The van der Waals surface area contributed by atoms with Gasteiger partial charge < -0.3 is 24.6 Å². The molecule has 0 aliphatic heterocycles. The quantitative estimate of drug-likeness (QED) is 0.0175. The van der Waals surface area contributed by atoms with Crippen LogP contribution in [0, 0.1) is 5.92 Å². The van der Waals surface area contributed by atoms with Gasteiger partial charge in [0.2, 0.25) is 0 Å². The summed E-state index contributed by atoms with van der Waals surface area (Å²) in [5.41, 5.74) is 0. The molecule has 352 valence electrons. The van der Waals surface area contributed by atoms with Crippen LogP contribution in [0.3, 0.4) is 0 Å². The van der Waals surface area contributed by atoms with Gasteiger partial charge in [-0.1, -0.05) is 187 Å². The van der Waals surface area contributed by atoms with E-state index in [1.807, 2.05) is 6.08 Å². The minimum atomic E-state index is -4.65. The van der Waals surface area contributed by atoms with Crippen LogP contribution in [0.1, 0.15) is 220 Å². The summed E-state index contributed by atoms with van der Waals surface area (Å²) >= 11 is 0. The molecule has 0 aromatic carbocycles. The van der Waals surface area contributed by atoms with Gasteiger partial charge in [-0.15, -0.1) is 0 Å². The van der Waals surface area contributed by atoms with E-state index in [2.05, 4.69) is 31.4 Å². The Kier molecular flexibility index (Phi) is 41.1. The zero-order chi connectivity index (χ0) is 44.4. The number of hydrogen-bond acceptors (Lipinski definition) is 10. The largest absolute Gasteiger partial charge is 0.472 e. The van der Waals surface area contributed by atoms with Gasteiger partial charge in [0, 0.05) is 19.3 Å². The first-order valence-corrected chi connectivity index (χ1v) is 25.6. The second-order valence-corrected chi connectivity index (χ2v) is 18.5. The van der Waals surface area contributed by atoms with Crippen LogP contribution in [0.15, 0.2) is 24.3 Å². The molecular formula is C48H89O11P. The molecule has 0 radical (unpaired) electrons. The molecule has 0 saturated heterocycles. The minimum absolute atomic E-state index is 0.101. The van der Waals surface area contributed by atoms with Crippen LogP contribution < -0.4 is 0 Å². The van der Waals surface area contributed by atoms with Crippen LogP contribution in [-0.2, 0) is 37.5 Å². The number of carbonyl (C=O) groups is 3. The number of phosphoric ester groups is 1. The van der Waals surface area contributed by atoms with E-state index in [0.29, 0.717) is 19.3 Å². The van der Waals surface area contributed by atoms with Crippen molar-refractivity contribution in [3.8, 4) is 0 Å². The normalized spacial score (nSPS) is 13.9. The first-order valence-electron chi connectivity index (χ1n) is 24.1. The van der Waals surface area contributed by atoms with E-state index in [1.165, 1.54) is 109 Å². The van der Waals surface area contributed by atoms with Gasteiger partial charge >= 0.3 is 19.8 Å². The molecule has 0 saturated carbocycles. The van der Waals surface area contributed by atoms with Gasteiger partial charge in [0.15, 0.2) is 11.9 Å². The third kappa shape index (κ3) is 42.8. The van der Waals surface area contributed by atoms with Crippen LogP contribution in [0.4, 0.5) is 0 Å². The Morgan fingerprint density at radius 3 is 1.55 bits per heavy atom. The van der Waals surface area contributed by atoms with Crippen molar-refractivity contribution in [3.05, 3.63) is 24.3 Å². The Morgan fingerprint density at radius 2 is 1.05 bits per heavy atom. The molecule has 3 N–H and O–H groups in total. The summed E-state index contributed by atoms with van der Waals surface area (Å²) in [5.74, 6) is -0.0687. The van der Waals surface area contributed by atoms with E-state index >= 15 is 0 Å². The number of hydrogen-bond donors (Lipinski definition) is 3. The molecule has 11 nitrogen and oxygen atoms in total. The number of phosphoric acid groups is 1. The molecule has 0 rings (SSSR count). The molecule has 3 atom stereocenters. The Bertz CT molecular complexity index is 1130. The van der Waals surface area contributed by atoms with Crippen molar-refractivity contribution < 1.29 is 52.6 Å². The smallest absolute Gasteiger partial charge is 0.462 e. The summed E-state index contributed by atoms with van der Waals surface area (Å²) in [6.45, 7) is 4.57. The summed E-state index contributed by atoms with van der Waals surface area (Å²) in [7, 11) is -4.65. The molecule has 0 aliphatic rings. The van der Waals surface area contributed by atoms with Crippen molar-refractivity contribution in [1.29, 1.82) is 0 Å². The Labute approximate surface area is 365 Å². The highest BCUT2D eigenvalue weighted by Gasteiger charge is 2.27. The summed E-state index contributed by atoms with van der Waals surface area (Å²) in [6.07, 6.45) is 38.3. The fraction of sp³-hybridized carbons (Fsp3) is 0.854. The lowest BCUT2D eigenvalue weighted by atomic mass is 10.0. The van der Waals surface area contributed by atoms with Crippen molar-refractivity contribution in [2.24, 2.45) is 5.92 Å². The summed E-state index contributed by atoms with van der Waals surface area (Å²) in [4.78, 5) is 47.1. The molecule has 0 spiro atoms. The lowest BCUT2D eigenvalue weighted by Crippen LogP contribution is -2.29. The fourth-order valence-electron chi connectivity index (χ4n) is 6.75. The lowest BCUT2D eigenvalue weighted by molar-refractivity contribution is -0.161. The number of ketones is 1. The van der Waals surface area contributed by atoms with Crippen LogP contribution in [0.25, 0.3) is 0 Å². The van der Waals surface area contributed by atoms with Gasteiger partial charge in [-0.3, -0.25) is 23.4 Å². The summed E-state index contributed by atoms with van der Waals surface area (Å²) < 4.78 is 32.7. The highest BCUT2D eigenvalue weighted by Crippen LogP contribution is 2.43. The van der Waals surface area contributed by atoms with Crippen LogP contribution >= 0.6 is 7.82 Å². The fourth-order valence-corrected chi connectivity index (χ4v) is 7.54. The maximum Gasteiger partial charge on any atom is 0.472 e. The van der Waals surface area contributed by atoms with Gasteiger partial charge in [-0.2, -0.15) is 0 Å². The monoisotopic (exact) mass is 873 g/mol. The molecule has 0 aliphatic carbocycles. The van der Waals surface area contributed by atoms with Crippen LogP contribution in [-0.4, -0.2) is 71.5 Å². The average molecular weight is 873 g/mol. The maximum atomic E-state index is 12.6. The average Bonchev–Trinajstić information content (AvgIpc) is 3.22. The molecule has 0 heterocycles. The second kappa shape index (κ2) is 42.4. The van der Waals surface area contributed by atoms with Crippen molar-refractivity contribution in [2.45, 2.75) is 232 Å². The predicted molar refractivity (Wildman–Crippen MR) is 243 cm³/mol. The number of ether oxygens (including phenoxy) is 2. The molecule has 0 aromatic heterocycles. The molecule has 1 unspecified atom stereocenters. The zero-order valence-electron chi connectivity index (χ0n) is 38.3. The molecule has 60 heavy (non-hydrogen) atoms. The van der Waals surface area contributed by atoms with Crippen molar-refractivity contribution in [3.63, 3.8) is 0 Å². The van der Waals surface area contributed by atoms with Gasteiger partial charge in [-0.25, -0.2) is 4.57 Å². The Hall–Kier alpha value is -1.88. The van der Waals surface area contributed by atoms with Gasteiger partial charge in [0.25, 0.3) is 0 Å². The third-order valence-corrected chi connectivity index (χ3v) is 11.5. The SMILES string of the molecule is CCCCC/C=C\C=C\C(=O)CCCCCCCC(=O)O[C@H](COC(=O)CCCCCCCCCCCCCCCCCCCCC(C)C)COP(=O)(O)OC[C@@H](O)CO. The van der Waals surface area contributed by atoms with Gasteiger partial charge in [0.05, 0.1) is 19.8 Å². The topological polar surface area (TPSA) is 166 Å². The van der Waals surface area contributed by atoms with E-state index < -0.39 is 51.8 Å². The van der Waals surface area contributed by atoms with Gasteiger partial charge in [0.1, 0.15) is 12.7 Å². The number of aliphatic hydroxyl groups excluding tert-OH is 2. The van der Waals surface area contributed by atoms with E-state index in [9.17, 15) is 28.9 Å². The van der Waals surface area contributed by atoms with Crippen molar-refractivity contribution in [2.75, 3.05) is 26.4 Å². The number of aliphatic hydroxyl groups is 2. The maximum absolute atomic E-state index is 12.6. The summed E-state index contributed by atoms with van der Waals surface area (Å²) in [6, 6.07) is 0. The first-order chi connectivity index (χ1) is 29.0. The highest BCUT2D eigenvalue weighted by molar-refractivity contribution is 7.47. The van der Waals surface area contributed by atoms with E-state index in [4.69, 9.17) is 19.1 Å². The highest BCUT2D eigenvalue weighted by atomic mass is 31.2. The zero-order valence-corrected chi connectivity index (χ0v) is 39.2. The predicted octanol–water partition coefficient (Wildman–Crippen LogP) is 12.4. The Balaban J connectivity index is 4.24. The molecular weight excluding hydrogens is 783 g/mol. The van der Waals surface area contributed by atoms with Crippen LogP contribution in [0.2, 0.25) is 0 Å². The summed E-state index contributed by atoms with van der Waals surface area (Å²) in [5, 5.41) is 18.4. The molecule has 0 aromatic rings. The molecule has 12 heteroatoms. The van der Waals surface area contributed by atoms with E-state index in [1.54, 1.807) is 12.2 Å². The first kappa shape index (κ1) is 58.1. The molecule has 0 amide bonds. The van der Waals surface area contributed by atoms with Gasteiger partial charge in [-0.05, 0) is 44.1 Å².